The number of amides is 1. The number of esters is 1. The lowest BCUT2D eigenvalue weighted by atomic mass is 10.0. The molecule has 156 valence electrons. The fourth-order valence-electron chi connectivity index (χ4n) is 3.08. The van der Waals surface area contributed by atoms with Gasteiger partial charge in [0.05, 0.1) is 18.9 Å². The number of carbonyl (C=O) groups is 2. The fraction of sp³-hybridized carbons (Fsp3) is 0.364. The zero-order valence-electron chi connectivity index (χ0n) is 16.6. The van der Waals surface area contributed by atoms with E-state index in [1.807, 2.05) is 48.5 Å². The summed E-state index contributed by atoms with van der Waals surface area (Å²) in [5.74, 6) is -1.39. The highest BCUT2D eigenvalue weighted by molar-refractivity contribution is 7.57. The SMILES string of the molecule is CCOC(=O)CCNC(=O)C(Cc1ccccc1)CP(=O)(O)Cc1ccccc1. The minimum Gasteiger partial charge on any atom is -0.466 e. The molecule has 0 aliphatic rings. The lowest BCUT2D eigenvalue weighted by Crippen LogP contribution is -2.35. The van der Waals surface area contributed by atoms with Crippen molar-refractivity contribution in [2.75, 3.05) is 19.3 Å². The van der Waals surface area contributed by atoms with Crippen LogP contribution in [0.3, 0.4) is 0 Å². The first-order valence-electron chi connectivity index (χ1n) is 9.71. The summed E-state index contributed by atoms with van der Waals surface area (Å²) in [5, 5.41) is 2.71. The Balaban J connectivity index is 2.04. The Hall–Kier alpha value is -2.43. The number of rotatable bonds is 11. The number of benzene rings is 2. The Labute approximate surface area is 171 Å². The van der Waals surface area contributed by atoms with Crippen LogP contribution in [-0.2, 0) is 31.5 Å². The van der Waals surface area contributed by atoms with Crippen molar-refractivity contribution >= 4 is 19.2 Å². The molecular weight excluding hydrogens is 389 g/mol. The van der Waals surface area contributed by atoms with E-state index in [9.17, 15) is 19.0 Å². The summed E-state index contributed by atoms with van der Waals surface area (Å²) >= 11 is 0. The summed E-state index contributed by atoms with van der Waals surface area (Å²) < 4.78 is 17.7. The molecule has 2 unspecified atom stereocenters. The Morgan fingerprint density at radius 1 is 1.03 bits per heavy atom. The van der Waals surface area contributed by atoms with E-state index in [0.717, 1.165) is 11.1 Å². The molecule has 2 aromatic rings. The molecule has 0 radical (unpaired) electrons. The molecule has 0 aromatic heterocycles. The average Bonchev–Trinajstić information content (AvgIpc) is 2.68. The first-order chi connectivity index (χ1) is 13.9. The van der Waals surface area contributed by atoms with Gasteiger partial charge in [0.25, 0.3) is 0 Å². The van der Waals surface area contributed by atoms with Gasteiger partial charge in [-0.25, -0.2) is 0 Å². The van der Waals surface area contributed by atoms with Crippen LogP contribution in [-0.4, -0.2) is 36.1 Å². The first kappa shape index (κ1) is 22.9. The van der Waals surface area contributed by atoms with E-state index in [1.54, 1.807) is 19.1 Å². The number of ether oxygens (including phenoxy) is 1. The van der Waals surface area contributed by atoms with E-state index in [4.69, 9.17) is 4.74 Å². The van der Waals surface area contributed by atoms with Gasteiger partial charge in [-0.1, -0.05) is 60.7 Å². The van der Waals surface area contributed by atoms with Crippen LogP contribution in [0.15, 0.2) is 60.7 Å². The Kier molecular flexibility index (Phi) is 9.10. The summed E-state index contributed by atoms with van der Waals surface area (Å²) in [6, 6.07) is 18.5. The molecular formula is C22H28NO5P. The van der Waals surface area contributed by atoms with Crippen LogP contribution in [0.4, 0.5) is 0 Å². The van der Waals surface area contributed by atoms with E-state index in [1.165, 1.54) is 0 Å². The van der Waals surface area contributed by atoms with Gasteiger partial charge in [-0.3, -0.25) is 14.2 Å². The van der Waals surface area contributed by atoms with E-state index in [-0.39, 0.29) is 43.8 Å². The predicted octanol–water partition coefficient (Wildman–Crippen LogP) is 3.39. The van der Waals surface area contributed by atoms with Crippen molar-refractivity contribution in [3.8, 4) is 0 Å². The van der Waals surface area contributed by atoms with Crippen LogP contribution < -0.4 is 5.32 Å². The molecule has 0 saturated carbocycles. The van der Waals surface area contributed by atoms with Crippen LogP contribution >= 0.6 is 7.37 Å². The van der Waals surface area contributed by atoms with Crippen LogP contribution in [0.5, 0.6) is 0 Å². The summed E-state index contributed by atoms with van der Waals surface area (Å²) in [5.41, 5.74) is 1.68. The molecule has 0 fully saturated rings. The van der Waals surface area contributed by atoms with Crippen molar-refractivity contribution in [3.05, 3.63) is 71.8 Å². The van der Waals surface area contributed by atoms with Crippen LogP contribution in [0.1, 0.15) is 24.5 Å². The third kappa shape index (κ3) is 8.63. The molecule has 0 aliphatic heterocycles. The average molecular weight is 417 g/mol. The van der Waals surface area contributed by atoms with Gasteiger partial charge in [0.15, 0.2) is 0 Å². The minimum atomic E-state index is -3.58. The Morgan fingerprint density at radius 2 is 1.62 bits per heavy atom. The molecule has 0 saturated heterocycles. The van der Waals surface area contributed by atoms with Gasteiger partial charge in [-0.05, 0) is 24.5 Å². The first-order valence-corrected chi connectivity index (χ1v) is 11.7. The molecule has 29 heavy (non-hydrogen) atoms. The van der Waals surface area contributed by atoms with Crippen molar-refractivity contribution in [1.29, 1.82) is 0 Å². The topological polar surface area (TPSA) is 92.7 Å². The van der Waals surface area contributed by atoms with Crippen molar-refractivity contribution in [1.82, 2.24) is 5.32 Å². The molecule has 2 aromatic carbocycles. The lowest BCUT2D eigenvalue weighted by molar-refractivity contribution is -0.143. The number of nitrogens with one attached hydrogen (secondary N) is 1. The third-order valence-electron chi connectivity index (χ3n) is 4.41. The zero-order valence-corrected chi connectivity index (χ0v) is 17.5. The maximum atomic E-state index is 12.9. The second kappa shape index (κ2) is 11.5. The molecule has 0 bridgehead atoms. The molecule has 2 rings (SSSR count). The van der Waals surface area contributed by atoms with Crippen LogP contribution in [0, 0.1) is 5.92 Å². The number of carbonyl (C=O) groups excluding carboxylic acids is 2. The normalized spacial score (nSPS) is 13.9. The zero-order chi connectivity index (χ0) is 21.1. The van der Waals surface area contributed by atoms with E-state index in [2.05, 4.69) is 5.32 Å². The second-order valence-corrected chi connectivity index (χ2v) is 9.28. The number of hydrogen-bond donors (Lipinski definition) is 2. The van der Waals surface area contributed by atoms with Gasteiger partial charge in [0.2, 0.25) is 13.3 Å². The summed E-state index contributed by atoms with van der Waals surface area (Å²) in [6.45, 7) is 2.14. The monoisotopic (exact) mass is 417 g/mol. The van der Waals surface area contributed by atoms with Crippen molar-refractivity contribution < 1.29 is 23.8 Å². The van der Waals surface area contributed by atoms with E-state index in [0.29, 0.717) is 6.42 Å². The third-order valence-corrected chi connectivity index (χ3v) is 6.28. The fourth-order valence-corrected chi connectivity index (χ4v) is 4.98. The summed E-state index contributed by atoms with van der Waals surface area (Å²) in [7, 11) is -3.58. The van der Waals surface area contributed by atoms with Gasteiger partial charge in [-0.15, -0.1) is 0 Å². The maximum absolute atomic E-state index is 12.9. The van der Waals surface area contributed by atoms with Crippen LogP contribution in [0.25, 0.3) is 0 Å². The van der Waals surface area contributed by atoms with E-state index < -0.39 is 13.3 Å². The smallest absolute Gasteiger partial charge is 0.307 e. The van der Waals surface area contributed by atoms with Gasteiger partial charge < -0.3 is 14.9 Å². The largest absolute Gasteiger partial charge is 0.466 e. The molecule has 7 heteroatoms. The predicted molar refractivity (Wildman–Crippen MR) is 113 cm³/mol. The van der Waals surface area contributed by atoms with Gasteiger partial charge in [0, 0.05) is 18.9 Å². The highest BCUT2D eigenvalue weighted by atomic mass is 31.2. The molecule has 2 atom stereocenters. The molecule has 0 spiro atoms. The van der Waals surface area contributed by atoms with Crippen molar-refractivity contribution in [3.63, 3.8) is 0 Å². The van der Waals surface area contributed by atoms with Crippen molar-refractivity contribution in [2.45, 2.75) is 25.9 Å². The maximum Gasteiger partial charge on any atom is 0.307 e. The minimum absolute atomic E-state index is 0.0231. The Bertz CT molecular complexity index is 826. The second-order valence-electron chi connectivity index (χ2n) is 6.91. The molecule has 1 amide bonds. The van der Waals surface area contributed by atoms with Gasteiger partial charge in [0.1, 0.15) is 0 Å². The molecule has 2 N–H and O–H groups in total. The van der Waals surface area contributed by atoms with Crippen LogP contribution in [0.2, 0.25) is 0 Å². The van der Waals surface area contributed by atoms with E-state index >= 15 is 0 Å². The molecule has 0 heterocycles. The summed E-state index contributed by atoms with van der Waals surface area (Å²) in [4.78, 5) is 34.7. The Morgan fingerprint density at radius 3 is 2.21 bits per heavy atom. The lowest BCUT2D eigenvalue weighted by Gasteiger charge is -2.20. The summed E-state index contributed by atoms with van der Waals surface area (Å²) in [6.07, 6.45) is 0.321. The van der Waals surface area contributed by atoms with Gasteiger partial charge >= 0.3 is 5.97 Å². The van der Waals surface area contributed by atoms with Gasteiger partial charge in [-0.2, -0.15) is 0 Å². The molecule has 6 nitrogen and oxygen atoms in total. The highest BCUT2D eigenvalue weighted by Crippen LogP contribution is 2.46. The highest BCUT2D eigenvalue weighted by Gasteiger charge is 2.29. The standard InChI is InChI=1S/C22H28NO5P/c1-2-28-21(24)13-14-23-22(25)20(15-18-9-5-3-6-10-18)17-29(26,27)16-19-11-7-4-8-12-19/h3-12,20H,2,13-17H2,1H3,(H,23,25)(H,26,27). The number of hydrogen-bond acceptors (Lipinski definition) is 4. The van der Waals surface area contributed by atoms with Crippen molar-refractivity contribution in [2.24, 2.45) is 5.92 Å². The quantitative estimate of drug-likeness (QED) is 0.432. The molecule has 0 aliphatic carbocycles.